The van der Waals surface area contributed by atoms with Crippen LogP contribution >= 0.6 is 11.8 Å². The highest BCUT2D eigenvalue weighted by Crippen LogP contribution is 2.33. The first-order valence-corrected chi connectivity index (χ1v) is 14.5. The predicted molar refractivity (Wildman–Crippen MR) is 157 cm³/mol. The fourth-order valence-electron chi connectivity index (χ4n) is 4.31. The number of para-hydroxylation sites is 1. The summed E-state index contributed by atoms with van der Waals surface area (Å²) in [7, 11) is 0. The average molecular weight is 533 g/mol. The van der Waals surface area contributed by atoms with Gasteiger partial charge in [0.15, 0.2) is 10.9 Å². The molecular weight excluding hydrogens is 492 g/mol. The maximum absolute atomic E-state index is 12.7. The van der Waals surface area contributed by atoms with Crippen LogP contribution in [-0.4, -0.2) is 17.5 Å². The first kappa shape index (κ1) is 29.5. The van der Waals surface area contributed by atoms with Crippen LogP contribution in [0.2, 0.25) is 0 Å². The van der Waals surface area contributed by atoms with Gasteiger partial charge in [-0.15, -0.1) is 0 Å². The highest BCUT2D eigenvalue weighted by atomic mass is 32.2. The number of rotatable bonds is 15. The van der Waals surface area contributed by atoms with Crippen LogP contribution < -0.4 is 9.47 Å². The van der Waals surface area contributed by atoms with Crippen molar-refractivity contribution in [1.82, 2.24) is 0 Å². The Balaban J connectivity index is 1.49. The smallest absolute Gasteiger partial charge is 0.186 e. The van der Waals surface area contributed by atoms with Gasteiger partial charge in [-0.3, -0.25) is 9.59 Å². The number of hydrogen-bond donors (Lipinski definition) is 0. The zero-order valence-electron chi connectivity index (χ0n) is 23.1. The van der Waals surface area contributed by atoms with Crippen molar-refractivity contribution in [3.63, 3.8) is 0 Å². The summed E-state index contributed by atoms with van der Waals surface area (Å²) in [6.45, 7) is 8.15. The SMILES string of the molecule is CCCc1cc(Oc2ccccc2)ccc1OCCCCCc1cccc(C(SC(C)=O)C(=O)C(C)C)c1. The molecule has 1 atom stereocenters. The third-order valence-corrected chi connectivity index (χ3v) is 7.33. The Hall–Kier alpha value is -3.05. The molecule has 0 heterocycles. The van der Waals surface area contributed by atoms with E-state index in [0.717, 1.165) is 73.1 Å². The van der Waals surface area contributed by atoms with Crippen molar-refractivity contribution in [3.8, 4) is 17.2 Å². The lowest BCUT2D eigenvalue weighted by atomic mass is 9.97. The maximum Gasteiger partial charge on any atom is 0.186 e. The average Bonchev–Trinajstić information content (AvgIpc) is 2.90. The third kappa shape index (κ3) is 9.36. The van der Waals surface area contributed by atoms with E-state index in [1.165, 1.54) is 18.1 Å². The molecule has 0 aliphatic carbocycles. The molecule has 1 unspecified atom stereocenters. The number of thioether (sulfide) groups is 1. The molecule has 3 rings (SSSR count). The van der Waals surface area contributed by atoms with E-state index < -0.39 is 5.25 Å². The minimum atomic E-state index is -0.428. The van der Waals surface area contributed by atoms with Crippen molar-refractivity contribution in [2.75, 3.05) is 6.61 Å². The molecule has 0 bridgehead atoms. The number of aryl methyl sites for hydroxylation is 2. The van der Waals surface area contributed by atoms with E-state index in [0.29, 0.717) is 6.61 Å². The van der Waals surface area contributed by atoms with Gasteiger partial charge in [0, 0.05) is 12.8 Å². The molecule has 0 radical (unpaired) electrons. The first-order valence-electron chi connectivity index (χ1n) is 13.7. The van der Waals surface area contributed by atoms with E-state index >= 15 is 0 Å². The van der Waals surface area contributed by atoms with Gasteiger partial charge < -0.3 is 9.47 Å². The van der Waals surface area contributed by atoms with Crippen molar-refractivity contribution >= 4 is 22.7 Å². The molecule has 0 fully saturated rings. The number of ether oxygens (including phenoxy) is 2. The molecule has 0 aromatic heterocycles. The maximum atomic E-state index is 12.7. The highest BCUT2D eigenvalue weighted by molar-refractivity contribution is 8.14. The molecule has 0 aliphatic rings. The van der Waals surface area contributed by atoms with E-state index in [-0.39, 0.29) is 16.8 Å². The summed E-state index contributed by atoms with van der Waals surface area (Å²) in [4.78, 5) is 24.5. The van der Waals surface area contributed by atoms with Crippen LogP contribution in [0.3, 0.4) is 0 Å². The van der Waals surface area contributed by atoms with Crippen molar-refractivity contribution in [2.45, 2.75) is 71.5 Å². The van der Waals surface area contributed by atoms with Gasteiger partial charge in [0.2, 0.25) is 0 Å². The molecule has 0 aliphatic heterocycles. The predicted octanol–water partition coefficient (Wildman–Crippen LogP) is 8.77. The van der Waals surface area contributed by atoms with Crippen LogP contribution in [0.1, 0.15) is 75.3 Å². The van der Waals surface area contributed by atoms with Gasteiger partial charge in [0.1, 0.15) is 17.2 Å². The number of hydrogen-bond acceptors (Lipinski definition) is 5. The molecule has 0 spiro atoms. The Labute approximate surface area is 232 Å². The van der Waals surface area contributed by atoms with E-state index in [1.807, 2.05) is 68.4 Å². The Morgan fingerprint density at radius 3 is 2.34 bits per heavy atom. The van der Waals surface area contributed by atoms with Crippen LogP contribution in [0, 0.1) is 5.92 Å². The normalized spacial score (nSPS) is 11.8. The van der Waals surface area contributed by atoms with E-state index in [4.69, 9.17) is 9.47 Å². The Bertz CT molecular complexity index is 1170. The Morgan fingerprint density at radius 2 is 1.63 bits per heavy atom. The first-order chi connectivity index (χ1) is 18.4. The number of ketones is 1. The monoisotopic (exact) mass is 532 g/mol. The molecule has 38 heavy (non-hydrogen) atoms. The zero-order chi connectivity index (χ0) is 27.3. The van der Waals surface area contributed by atoms with Crippen molar-refractivity contribution in [1.29, 1.82) is 0 Å². The van der Waals surface area contributed by atoms with E-state index in [1.54, 1.807) is 0 Å². The van der Waals surface area contributed by atoms with Crippen LogP contribution in [0.25, 0.3) is 0 Å². The van der Waals surface area contributed by atoms with E-state index in [9.17, 15) is 9.59 Å². The topological polar surface area (TPSA) is 52.6 Å². The molecule has 0 saturated carbocycles. The summed E-state index contributed by atoms with van der Waals surface area (Å²) in [6.07, 6.45) is 5.99. The Kier molecular flexibility index (Phi) is 11.9. The minimum absolute atomic E-state index is 0.0325. The summed E-state index contributed by atoms with van der Waals surface area (Å²) in [6, 6.07) is 24.0. The van der Waals surface area contributed by atoms with Gasteiger partial charge in [-0.2, -0.15) is 0 Å². The van der Waals surface area contributed by atoms with Gasteiger partial charge in [0.25, 0.3) is 0 Å². The lowest BCUT2D eigenvalue weighted by Crippen LogP contribution is -2.17. The van der Waals surface area contributed by atoms with Crippen molar-refractivity contribution < 1.29 is 19.1 Å². The summed E-state index contributed by atoms with van der Waals surface area (Å²) < 4.78 is 12.1. The van der Waals surface area contributed by atoms with Crippen LogP contribution in [0.5, 0.6) is 17.2 Å². The molecule has 3 aromatic carbocycles. The number of benzene rings is 3. The molecule has 0 saturated heterocycles. The van der Waals surface area contributed by atoms with Crippen LogP contribution in [-0.2, 0) is 22.4 Å². The standard InChI is InChI=1S/C33H40O4S/c1-5-13-27-23-30(37-29-17-9-6-10-18-29)19-20-31(27)36-21-11-7-8-14-26-15-12-16-28(22-26)33(38-25(4)34)32(35)24(2)3/h6,9-10,12,15-20,22-24,33H,5,7-8,11,13-14,21H2,1-4H3. The van der Waals surface area contributed by atoms with Crippen molar-refractivity contribution in [3.05, 3.63) is 89.5 Å². The molecule has 202 valence electrons. The molecule has 3 aromatic rings. The van der Waals surface area contributed by atoms with Gasteiger partial charge in [-0.05, 0) is 79.1 Å². The summed E-state index contributed by atoms with van der Waals surface area (Å²) in [5, 5.41) is -0.461. The summed E-state index contributed by atoms with van der Waals surface area (Å²) in [5.41, 5.74) is 3.30. The van der Waals surface area contributed by atoms with E-state index in [2.05, 4.69) is 25.1 Å². The molecule has 4 nitrogen and oxygen atoms in total. The molecule has 0 N–H and O–H groups in total. The van der Waals surface area contributed by atoms with Crippen LogP contribution in [0.4, 0.5) is 0 Å². The zero-order valence-corrected chi connectivity index (χ0v) is 23.9. The minimum Gasteiger partial charge on any atom is -0.493 e. The number of Topliss-reactive ketones (excluding diaryl/α,β-unsaturated/α-hetero) is 1. The summed E-state index contributed by atoms with van der Waals surface area (Å²) >= 11 is 1.12. The molecular formula is C33H40O4S. The number of carbonyl (C=O) groups is 2. The molecule has 5 heteroatoms. The largest absolute Gasteiger partial charge is 0.493 e. The number of unbranched alkanes of at least 4 members (excludes halogenated alkanes) is 2. The van der Waals surface area contributed by atoms with Gasteiger partial charge >= 0.3 is 0 Å². The quantitative estimate of drug-likeness (QED) is 0.183. The van der Waals surface area contributed by atoms with Gasteiger partial charge in [-0.1, -0.05) is 81.4 Å². The second-order valence-electron chi connectivity index (χ2n) is 9.89. The molecule has 0 amide bonds. The van der Waals surface area contributed by atoms with Crippen LogP contribution in [0.15, 0.2) is 72.8 Å². The third-order valence-electron chi connectivity index (χ3n) is 6.26. The fourth-order valence-corrected chi connectivity index (χ4v) is 5.31. The van der Waals surface area contributed by atoms with Gasteiger partial charge in [0.05, 0.1) is 11.9 Å². The summed E-state index contributed by atoms with van der Waals surface area (Å²) in [5.74, 6) is 2.58. The fraction of sp³-hybridized carbons (Fsp3) is 0.394. The Morgan fingerprint density at radius 1 is 0.842 bits per heavy atom. The lowest BCUT2D eigenvalue weighted by molar-refractivity contribution is -0.121. The van der Waals surface area contributed by atoms with Gasteiger partial charge in [-0.25, -0.2) is 0 Å². The lowest BCUT2D eigenvalue weighted by Gasteiger charge is -2.17. The van der Waals surface area contributed by atoms with Crippen molar-refractivity contribution in [2.24, 2.45) is 5.92 Å². The number of carbonyl (C=O) groups excluding carboxylic acids is 2. The highest BCUT2D eigenvalue weighted by Gasteiger charge is 2.25. The second kappa shape index (κ2) is 15.4. The second-order valence-corrected chi connectivity index (χ2v) is 11.2.